The number of fused-ring (bicyclic) bond motifs is 1. The maximum Gasteiger partial charge on any atom is 0.339 e. The second-order valence-electron chi connectivity index (χ2n) is 5.77. The highest BCUT2D eigenvalue weighted by Gasteiger charge is 2.22. The fraction of sp³-hybridized carbons (Fsp3) is 0. The molecule has 0 saturated carbocycles. The highest BCUT2D eigenvalue weighted by molar-refractivity contribution is 9.10. The van der Waals surface area contributed by atoms with E-state index in [2.05, 4.69) is 21.2 Å². The summed E-state index contributed by atoms with van der Waals surface area (Å²) in [5.41, 5.74) is 1.98. The number of amides is 1. The van der Waals surface area contributed by atoms with Crippen molar-refractivity contribution >= 4 is 55.1 Å². The number of aromatic carboxylic acids is 1. The first-order valence-corrected chi connectivity index (χ1v) is 9.61. The lowest BCUT2D eigenvalue weighted by Gasteiger charge is -2.05. The van der Waals surface area contributed by atoms with Crippen LogP contribution in [-0.4, -0.2) is 17.0 Å². The van der Waals surface area contributed by atoms with Gasteiger partial charge < -0.3 is 14.8 Å². The maximum absolute atomic E-state index is 12.6. The first-order chi connectivity index (χ1) is 13.0. The van der Waals surface area contributed by atoms with Crippen molar-refractivity contribution in [1.29, 1.82) is 0 Å². The molecule has 4 rings (SSSR count). The summed E-state index contributed by atoms with van der Waals surface area (Å²) in [5, 5.41) is 15.1. The monoisotopic (exact) mass is 441 g/mol. The van der Waals surface area contributed by atoms with Gasteiger partial charge in [0.05, 0.1) is 0 Å². The molecule has 0 aliphatic heterocycles. The van der Waals surface area contributed by atoms with Crippen LogP contribution in [-0.2, 0) is 0 Å². The fourth-order valence-corrected chi connectivity index (χ4v) is 3.98. The molecule has 2 heterocycles. The highest BCUT2D eigenvalue weighted by Crippen LogP contribution is 2.36. The Labute approximate surface area is 166 Å². The van der Waals surface area contributed by atoms with Crippen molar-refractivity contribution < 1.29 is 19.1 Å². The molecule has 0 atom stereocenters. The third kappa shape index (κ3) is 3.39. The number of hydrogen-bond donors (Lipinski definition) is 2. The number of carboxylic acid groups (broad SMARTS) is 1. The number of nitrogens with one attached hydrogen (secondary N) is 1. The Morgan fingerprint density at radius 1 is 1.07 bits per heavy atom. The van der Waals surface area contributed by atoms with Crippen molar-refractivity contribution in [2.45, 2.75) is 0 Å². The van der Waals surface area contributed by atoms with Gasteiger partial charge in [-0.05, 0) is 29.8 Å². The number of halogens is 1. The minimum Gasteiger partial charge on any atom is -0.478 e. The van der Waals surface area contributed by atoms with E-state index in [-0.39, 0.29) is 16.3 Å². The SMILES string of the molecule is O=C(Nc1scc(-c2ccc(Br)cc2)c1C(=O)O)c1cc2ccccc2o1. The zero-order valence-electron chi connectivity index (χ0n) is 13.7. The quantitative estimate of drug-likeness (QED) is 0.414. The summed E-state index contributed by atoms with van der Waals surface area (Å²) in [4.78, 5) is 24.4. The van der Waals surface area contributed by atoms with Gasteiger partial charge in [0.25, 0.3) is 5.91 Å². The van der Waals surface area contributed by atoms with Crippen molar-refractivity contribution in [3.8, 4) is 11.1 Å². The predicted molar refractivity (Wildman–Crippen MR) is 109 cm³/mol. The number of benzene rings is 2. The van der Waals surface area contributed by atoms with E-state index in [1.807, 2.05) is 42.5 Å². The van der Waals surface area contributed by atoms with Gasteiger partial charge in [0.15, 0.2) is 5.76 Å². The van der Waals surface area contributed by atoms with E-state index in [4.69, 9.17) is 4.42 Å². The second-order valence-corrected chi connectivity index (χ2v) is 7.56. The molecule has 0 radical (unpaired) electrons. The molecule has 1 amide bonds. The van der Waals surface area contributed by atoms with Crippen LogP contribution in [0.15, 0.2) is 68.9 Å². The van der Waals surface area contributed by atoms with Gasteiger partial charge in [0.2, 0.25) is 0 Å². The lowest BCUT2D eigenvalue weighted by Crippen LogP contribution is -2.12. The van der Waals surface area contributed by atoms with Crippen LogP contribution in [0.3, 0.4) is 0 Å². The Bertz CT molecular complexity index is 1130. The molecule has 0 fully saturated rings. The molecule has 0 aliphatic rings. The molecule has 0 spiro atoms. The smallest absolute Gasteiger partial charge is 0.339 e. The van der Waals surface area contributed by atoms with E-state index in [9.17, 15) is 14.7 Å². The van der Waals surface area contributed by atoms with Gasteiger partial charge >= 0.3 is 5.97 Å². The van der Waals surface area contributed by atoms with Crippen LogP contribution in [0.4, 0.5) is 5.00 Å². The van der Waals surface area contributed by atoms with E-state index in [0.29, 0.717) is 11.1 Å². The van der Waals surface area contributed by atoms with Crippen LogP contribution < -0.4 is 5.32 Å². The predicted octanol–water partition coefficient (Wildman–Crippen LogP) is 5.87. The molecular formula is C20H12BrNO4S. The van der Waals surface area contributed by atoms with E-state index >= 15 is 0 Å². The zero-order chi connectivity index (χ0) is 19.0. The van der Waals surface area contributed by atoms with Crippen molar-refractivity contribution in [3.05, 3.63) is 75.8 Å². The Morgan fingerprint density at radius 2 is 1.81 bits per heavy atom. The molecular weight excluding hydrogens is 430 g/mol. The third-order valence-electron chi connectivity index (χ3n) is 4.04. The first kappa shape index (κ1) is 17.5. The number of carbonyl (C=O) groups excluding carboxylic acids is 1. The summed E-state index contributed by atoms with van der Waals surface area (Å²) in [6, 6.07) is 16.2. The normalized spacial score (nSPS) is 10.9. The van der Waals surface area contributed by atoms with Crippen LogP contribution in [0.5, 0.6) is 0 Å². The molecule has 134 valence electrons. The average molecular weight is 442 g/mol. The number of carbonyl (C=O) groups is 2. The van der Waals surface area contributed by atoms with Crippen molar-refractivity contribution in [2.75, 3.05) is 5.32 Å². The topological polar surface area (TPSA) is 79.5 Å². The van der Waals surface area contributed by atoms with Gasteiger partial charge in [-0.25, -0.2) is 4.79 Å². The third-order valence-corrected chi connectivity index (χ3v) is 5.46. The molecule has 5 nitrogen and oxygen atoms in total. The fourth-order valence-electron chi connectivity index (χ4n) is 2.76. The summed E-state index contributed by atoms with van der Waals surface area (Å²) in [6.07, 6.45) is 0. The summed E-state index contributed by atoms with van der Waals surface area (Å²) in [7, 11) is 0. The van der Waals surface area contributed by atoms with E-state index in [1.54, 1.807) is 17.5 Å². The highest BCUT2D eigenvalue weighted by atomic mass is 79.9. The van der Waals surface area contributed by atoms with E-state index < -0.39 is 11.9 Å². The second kappa shape index (κ2) is 7.02. The van der Waals surface area contributed by atoms with E-state index in [1.165, 1.54) is 11.3 Å². The molecule has 0 saturated heterocycles. The van der Waals surface area contributed by atoms with Crippen molar-refractivity contribution in [3.63, 3.8) is 0 Å². The minimum atomic E-state index is -1.10. The number of rotatable bonds is 4. The van der Waals surface area contributed by atoms with Crippen LogP contribution in [0.25, 0.3) is 22.1 Å². The van der Waals surface area contributed by atoms with Gasteiger partial charge in [0.1, 0.15) is 16.1 Å². The Balaban J connectivity index is 1.68. The Morgan fingerprint density at radius 3 is 2.52 bits per heavy atom. The number of anilines is 1. The number of furan rings is 1. The van der Waals surface area contributed by atoms with Gasteiger partial charge in [0, 0.05) is 20.8 Å². The molecule has 27 heavy (non-hydrogen) atoms. The summed E-state index contributed by atoms with van der Waals surface area (Å²) in [5.74, 6) is -1.46. The van der Waals surface area contributed by atoms with Crippen LogP contribution in [0.1, 0.15) is 20.9 Å². The van der Waals surface area contributed by atoms with Crippen LogP contribution in [0, 0.1) is 0 Å². The molecule has 4 aromatic rings. The molecule has 2 aromatic heterocycles. The van der Waals surface area contributed by atoms with Gasteiger partial charge in [-0.3, -0.25) is 4.79 Å². The first-order valence-electron chi connectivity index (χ1n) is 7.93. The Hall–Kier alpha value is -2.90. The molecule has 2 N–H and O–H groups in total. The largest absolute Gasteiger partial charge is 0.478 e. The molecule has 0 unspecified atom stereocenters. The Kier molecular flexibility index (Phi) is 4.55. The maximum atomic E-state index is 12.6. The number of hydrogen-bond acceptors (Lipinski definition) is 4. The summed E-state index contributed by atoms with van der Waals surface area (Å²) < 4.78 is 6.45. The average Bonchev–Trinajstić information content (AvgIpc) is 3.26. The zero-order valence-corrected chi connectivity index (χ0v) is 16.1. The van der Waals surface area contributed by atoms with Gasteiger partial charge in [-0.1, -0.05) is 46.3 Å². The summed E-state index contributed by atoms with van der Waals surface area (Å²) in [6.45, 7) is 0. The van der Waals surface area contributed by atoms with Gasteiger partial charge in [-0.2, -0.15) is 0 Å². The number of carboxylic acids is 1. The van der Waals surface area contributed by atoms with Crippen LogP contribution in [0.2, 0.25) is 0 Å². The molecule has 2 aromatic carbocycles. The lowest BCUT2D eigenvalue weighted by atomic mass is 10.0. The van der Waals surface area contributed by atoms with Crippen LogP contribution >= 0.6 is 27.3 Å². The van der Waals surface area contributed by atoms with E-state index in [0.717, 1.165) is 15.4 Å². The minimum absolute atomic E-state index is 0.0618. The lowest BCUT2D eigenvalue weighted by molar-refractivity contribution is 0.0699. The molecule has 0 aliphatic carbocycles. The van der Waals surface area contributed by atoms with Crippen molar-refractivity contribution in [1.82, 2.24) is 0 Å². The number of para-hydroxylation sites is 1. The van der Waals surface area contributed by atoms with Gasteiger partial charge in [-0.15, -0.1) is 11.3 Å². The van der Waals surface area contributed by atoms with Crippen molar-refractivity contribution in [2.24, 2.45) is 0 Å². The standard InChI is InChI=1S/C20H12BrNO4S/c21-13-7-5-11(6-8-13)14-10-27-19(17(14)20(24)25)22-18(23)16-9-12-3-1-2-4-15(12)26-16/h1-10H,(H,22,23)(H,24,25). The number of thiophene rings is 1. The molecule has 7 heteroatoms. The molecule has 0 bridgehead atoms. The summed E-state index contributed by atoms with van der Waals surface area (Å²) >= 11 is 4.53.